The van der Waals surface area contributed by atoms with Gasteiger partial charge in [-0.05, 0) is 56.2 Å². The number of nitrogens with one attached hydrogen (secondary N) is 1. The first-order chi connectivity index (χ1) is 14.5. The van der Waals surface area contributed by atoms with Gasteiger partial charge in [0.15, 0.2) is 0 Å². The van der Waals surface area contributed by atoms with Crippen LogP contribution in [-0.2, 0) is 16.0 Å². The second-order valence-corrected chi connectivity index (χ2v) is 8.85. The van der Waals surface area contributed by atoms with Crippen LogP contribution in [0.25, 0.3) is 0 Å². The summed E-state index contributed by atoms with van der Waals surface area (Å²) in [5.74, 6) is 0.390. The van der Waals surface area contributed by atoms with Crippen LogP contribution in [0, 0.1) is 18.7 Å². The van der Waals surface area contributed by atoms with E-state index in [0.717, 1.165) is 38.8 Å². The minimum absolute atomic E-state index is 0.0793. The van der Waals surface area contributed by atoms with Crippen molar-refractivity contribution in [1.82, 2.24) is 4.90 Å². The Morgan fingerprint density at radius 3 is 2.47 bits per heavy atom. The number of thioether (sulfide) groups is 1. The highest BCUT2D eigenvalue weighted by Gasteiger charge is 2.22. The molecule has 6 heteroatoms. The summed E-state index contributed by atoms with van der Waals surface area (Å²) in [6, 6.07) is 14.8. The Balaban J connectivity index is 1.31. The van der Waals surface area contributed by atoms with Gasteiger partial charge in [-0.3, -0.25) is 9.59 Å². The zero-order valence-electron chi connectivity index (χ0n) is 17.4. The van der Waals surface area contributed by atoms with Crippen molar-refractivity contribution in [3.05, 3.63) is 65.5 Å². The fraction of sp³-hybridized carbons (Fsp3) is 0.417. The number of hydrogen-bond acceptors (Lipinski definition) is 3. The first-order valence-electron chi connectivity index (χ1n) is 10.5. The van der Waals surface area contributed by atoms with Crippen LogP contribution in [0.4, 0.5) is 10.1 Å². The Morgan fingerprint density at radius 1 is 1.07 bits per heavy atom. The summed E-state index contributed by atoms with van der Waals surface area (Å²) in [6.07, 6.45) is 4.33. The molecule has 2 aromatic rings. The molecule has 1 N–H and O–H groups in total. The zero-order valence-corrected chi connectivity index (χ0v) is 18.2. The molecule has 1 aliphatic heterocycles. The second-order valence-electron chi connectivity index (χ2n) is 7.87. The maximum atomic E-state index is 13.6. The summed E-state index contributed by atoms with van der Waals surface area (Å²) < 4.78 is 13.6. The van der Waals surface area contributed by atoms with Gasteiger partial charge < -0.3 is 10.2 Å². The number of likely N-dealkylation sites (tertiary alicyclic amines) is 1. The minimum Gasteiger partial charge on any atom is -0.342 e. The van der Waals surface area contributed by atoms with Gasteiger partial charge in [-0.15, -0.1) is 11.8 Å². The maximum absolute atomic E-state index is 13.6. The number of nitrogens with zero attached hydrogens (tertiary/aromatic N) is 1. The summed E-state index contributed by atoms with van der Waals surface area (Å²) in [5, 5.41) is 2.54. The van der Waals surface area contributed by atoms with Crippen molar-refractivity contribution in [2.75, 3.05) is 29.9 Å². The summed E-state index contributed by atoms with van der Waals surface area (Å²) in [7, 11) is 0. The van der Waals surface area contributed by atoms with Crippen LogP contribution >= 0.6 is 11.8 Å². The Kier molecular flexibility index (Phi) is 8.31. The fourth-order valence-corrected chi connectivity index (χ4v) is 4.38. The highest BCUT2D eigenvalue weighted by Crippen LogP contribution is 2.23. The average Bonchev–Trinajstić information content (AvgIpc) is 2.75. The van der Waals surface area contributed by atoms with Gasteiger partial charge in [-0.2, -0.15) is 0 Å². The number of aryl methyl sites for hydroxylation is 2. The topological polar surface area (TPSA) is 49.4 Å². The van der Waals surface area contributed by atoms with Gasteiger partial charge in [0.1, 0.15) is 5.82 Å². The highest BCUT2D eigenvalue weighted by molar-refractivity contribution is 8.00. The third-order valence-corrected chi connectivity index (χ3v) is 6.45. The fourth-order valence-electron chi connectivity index (χ4n) is 3.67. The molecule has 2 aromatic carbocycles. The molecule has 0 spiro atoms. The number of halogens is 1. The van der Waals surface area contributed by atoms with Crippen molar-refractivity contribution in [2.45, 2.75) is 32.6 Å². The lowest BCUT2D eigenvalue weighted by Crippen LogP contribution is -2.39. The van der Waals surface area contributed by atoms with Gasteiger partial charge in [0, 0.05) is 13.1 Å². The normalized spacial score (nSPS) is 14.5. The van der Waals surface area contributed by atoms with Crippen LogP contribution in [-0.4, -0.2) is 41.3 Å². The van der Waals surface area contributed by atoms with Gasteiger partial charge in [-0.1, -0.05) is 42.0 Å². The van der Waals surface area contributed by atoms with Gasteiger partial charge in [0.2, 0.25) is 11.8 Å². The Bertz CT molecular complexity index is 849. The summed E-state index contributed by atoms with van der Waals surface area (Å²) >= 11 is 1.27. The first kappa shape index (κ1) is 22.3. The molecule has 160 valence electrons. The van der Waals surface area contributed by atoms with E-state index in [-0.39, 0.29) is 29.0 Å². The summed E-state index contributed by atoms with van der Waals surface area (Å²) in [4.78, 5) is 26.3. The predicted molar refractivity (Wildman–Crippen MR) is 121 cm³/mol. The third-order valence-electron chi connectivity index (χ3n) is 5.54. The molecule has 1 fully saturated rings. The smallest absolute Gasteiger partial charge is 0.234 e. The van der Waals surface area contributed by atoms with Crippen molar-refractivity contribution in [2.24, 2.45) is 5.92 Å². The van der Waals surface area contributed by atoms with E-state index in [0.29, 0.717) is 5.92 Å². The molecule has 0 aromatic heterocycles. The van der Waals surface area contributed by atoms with E-state index < -0.39 is 5.82 Å². The molecule has 0 unspecified atom stereocenters. The molecule has 0 radical (unpaired) electrons. The quantitative estimate of drug-likeness (QED) is 0.664. The Hall–Kier alpha value is -2.34. The number of anilines is 1. The van der Waals surface area contributed by atoms with Gasteiger partial charge in [-0.25, -0.2) is 4.39 Å². The van der Waals surface area contributed by atoms with Gasteiger partial charge in [0.05, 0.1) is 17.2 Å². The van der Waals surface area contributed by atoms with Crippen LogP contribution in [0.2, 0.25) is 0 Å². The molecule has 0 atom stereocenters. The van der Waals surface area contributed by atoms with E-state index in [1.165, 1.54) is 35.0 Å². The standard InChI is InChI=1S/C24H29FN2O2S/c1-18-6-8-19(9-7-18)10-11-20-12-14-27(15-13-20)24(29)17-30-16-23(28)26-22-5-3-2-4-21(22)25/h2-9,20H,10-17H2,1H3,(H,26,28). The van der Waals surface area contributed by atoms with Crippen LogP contribution in [0.15, 0.2) is 48.5 Å². The zero-order chi connectivity index (χ0) is 21.3. The lowest BCUT2D eigenvalue weighted by atomic mass is 9.90. The van der Waals surface area contributed by atoms with E-state index in [9.17, 15) is 14.0 Å². The molecular formula is C24H29FN2O2S. The SMILES string of the molecule is Cc1ccc(CCC2CCN(C(=O)CSCC(=O)Nc3ccccc3F)CC2)cc1. The number of rotatable bonds is 8. The number of carbonyl (C=O) groups is 2. The number of para-hydroxylation sites is 1. The lowest BCUT2D eigenvalue weighted by molar-refractivity contribution is -0.129. The van der Waals surface area contributed by atoms with Crippen molar-refractivity contribution in [3.8, 4) is 0 Å². The van der Waals surface area contributed by atoms with E-state index in [2.05, 4.69) is 36.5 Å². The molecule has 30 heavy (non-hydrogen) atoms. The summed E-state index contributed by atoms with van der Waals surface area (Å²) in [6.45, 7) is 3.68. The van der Waals surface area contributed by atoms with Crippen molar-refractivity contribution in [1.29, 1.82) is 0 Å². The van der Waals surface area contributed by atoms with E-state index >= 15 is 0 Å². The molecule has 0 saturated carbocycles. The molecule has 2 amide bonds. The molecule has 0 bridgehead atoms. The number of hydrogen-bond donors (Lipinski definition) is 1. The van der Waals surface area contributed by atoms with Crippen molar-refractivity contribution >= 4 is 29.3 Å². The number of carbonyl (C=O) groups excluding carboxylic acids is 2. The maximum Gasteiger partial charge on any atom is 0.234 e. The average molecular weight is 429 g/mol. The highest BCUT2D eigenvalue weighted by atomic mass is 32.2. The second kappa shape index (κ2) is 11.2. The van der Waals surface area contributed by atoms with E-state index in [1.54, 1.807) is 12.1 Å². The van der Waals surface area contributed by atoms with Crippen molar-refractivity contribution in [3.63, 3.8) is 0 Å². The first-order valence-corrected chi connectivity index (χ1v) is 11.6. The molecular weight excluding hydrogens is 399 g/mol. The molecule has 1 aliphatic rings. The molecule has 4 nitrogen and oxygen atoms in total. The van der Waals surface area contributed by atoms with Crippen LogP contribution in [0.3, 0.4) is 0 Å². The number of benzene rings is 2. The minimum atomic E-state index is -0.461. The Labute approximate surface area is 182 Å². The molecule has 3 rings (SSSR count). The summed E-state index contributed by atoms with van der Waals surface area (Å²) in [5.41, 5.74) is 2.83. The molecule has 1 saturated heterocycles. The number of amides is 2. The monoisotopic (exact) mass is 428 g/mol. The Morgan fingerprint density at radius 2 is 1.77 bits per heavy atom. The van der Waals surface area contributed by atoms with Crippen LogP contribution in [0.5, 0.6) is 0 Å². The van der Waals surface area contributed by atoms with Gasteiger partial charge >= 0.3 is 0 Å². The number of piperidine rings is 1. The largest absolute Gasteiger partial charge is 0.342 e. The van der Waals surface area contributed by atoms with Crippen LogP contribution in [0.1, 0.15) is 30.4 Å². The van der Waals surface area contributed by atoms with E-state index in [1.807, 2.05) is 4.90 Å². The van der Waals surface area contributed by atoms with Gasteiger partial charge in [0.25, 0.3) is 0 Å². The third kappa shape index (κ3) is 6.87. The predicted octanol–water partition coefficient (Wildman–Crippen LogP) is 4.68. The lowest BCUT2D eigenvalue weighted by Gasteiger charge is -2.32. The van der Waals surface area contributed by atoms with Crippen LogP contribution < -0.4 is 5.32 Å². The molecule has 1 heterocycles. The van der Waals surface area contributed by atoms with Crippen molar-refractivity contribution < 1.29 is 14.0 Å². The van der Waals surface area contributed by atoms with E-state index in [4.69, 9.17) is 0 Å². The molecule has 0 aliphatic carbocycles.